The fraction of sp³-hybridized carbons (Fsp3) is 0.533. The second kappa shape index (κ2) is 7.88. The second-order valence-corrected chi connectivity index (χ2v) is 5.32. The molecule has 6 atom stereocenters. The average Bonchev–Trinajstić information content (AvgIpc) is 2.59. The van der Waals surface area contributed by atoms with Crippen molar-refractivity contribution in [3.05, 3.63) is 29.8 Å². The monoisotopic (exact) mass is 346 g/mol. The number of carboxylic acids is 1. The smallest absolute Gasteiger partial charge is 0.335 e. The molecule has 0 saturated carbocycles. The van der Waals surface area contributed by atoms with E-state index in [2.05, 4.69) is 5.32 Å². The van der Waals surface area contributed by atoms with Gasteiger partial charge in [0.1, 0.15) is 24.1 Å². The molecule has 0 radical (unpaired) electrons. The maximum Gasteiger partial charge on any atom is 0.335 e. The minimum Gasteiger partial charge on any atom is -0.479 e. The number of likely N-dealkylation sites (N-methyl/N-ethyl adjacent to an activating group) is 1. The summed E-state index contributed by atoms with van der Waals surface area (Å²) in [5.41, 5.74) is 0.296. The molecule has 0 aliphatic carbocycles. The maximum atomic E-state index is 11.1. The number of hydrogen-bond donors (Lipinski definition) is 6. The zero-order valence-corrected chi connectivity index (χ0v) is 12.4. The van der Waals surface area contributed by atoms with Gasteiger partial charge in [-0.1, -0.05) is 12.1 Å². The fourth-order valence-electron chi connectivity index (χ4n) is 2.29. The largest absolute Gasteiger partial charge is 0.479 e. The predicted octanol–water partition coefficient (Wildman–Crippen LogP) is -1.79. The molecule has 0 amide bonds. The van der Waals surface area contributed by atoms with Crippen LogP contribution in [0, 0.1) is 0 Å². The van der Waals surface area contributed by atoms with Crippen LogP contribution in [0.4, 0.5) is 0 Å². The van der Waals surface area contributed by atoms with Crippen LogP contribution < -0.4 is 10.1 Å². The van der Waals surface area contributed by atoms with E-state index >= 15 is 0 Å². The minimum absolute atomic E-state index is 0.0669. The van der Waals surface area contributed by atoms with E-state index in [0.717, 1.165) is 0 Å². The van der Waals surface area contributed by atoms with Crippen molar-refractivity contribution in [2.75, 3.05) is 13.5 Å². The van der Waals surface area contributed by atoms with E-state index in [4.69, 9.17) is 18.7 Å². The summed E-state index contributed by atoms with van der Waals surface area (Å²) in [7, 11) is 0. The Kier molecular flexibility index (Phi) is 4.79. The van der Waals surface area contributed by atoms with Crippen molar-refractivity contribution in [1.82, 2.24) is 5.32 Å². The highest BCUT2D eigenvalue weighted by atomic mass is 16.7. The van der Waals surface area contributed by atoms with Gasteiger partial charge in [-0.3, -0.25) is 0 Å². The molecule has 9 heteroatoms. The molecule has 9 nitrogen and oxygen atoms in total. The number of benzene rings is 1. The molecular weight excluding hydrogens is 322 g/mol. The lowest BCUT2D eigenvalue weighted by Gasteiger charge is -2.38. The number of ether oxygens (including phenoxy) is 2. The topological polar surface area (TPSA) is 149 Å². The normalized spacial score (nSPS) is 33.8. The van der Waals surface area contributed by atoms with Gasteiger partial charge in [0, 0.05) is 10.7 Å². The lowest BCUT2D eigenvalue weighted by Crippen LogP contribution is -2.61. The van der Waals surface area contributed by atoms with Crippen LogP contribution in [0.2, 0.25) is 0 Å². The molecule has 0 spiro atoms. The van der Waals surface area contributed by atoms with Crippen molar-refractivity contribution in [3.63, 3.8) is 0 Å². The molecule has 2 rings (SSSR count). The third kappa shape index (κ3) is 4.01. The summed E-state index contributed by atoms with van der Waals surface area (Å²) in [5.74, 6) is -1.47. The number of rotatable bonds is 6. The molecule has 134 valence electrons. The molecule has 24 heavy (non-hydrogen) atoms. The van der Waals surface area contributed by atoms with Crippen LogP contribution in [-0.4, -0.2) is 75.7 Å². The van der Waals surface area contributed by atoms with Gasteiger partial charge in [0.05, 0.1) is 6.10 Å². The number of hydrogen-bond acceptors (Lipinski definition) is 8. The van der Waals surface area contributed by atoms with Crippen molar-refractivity contribution < 1.29 is 43.9 Å². The third-order valence-electron chi connectivity index (χ3n) is 3.60. The average molecular weight is 346 g/mol. The van der Waals surface area contributed by atoms with Gasteiger partial charge in [-0.25, -0.2) is 4.79 Å². The zero-order chi connectivity index (χ0) is 20.4. The van der Waals surface area contributed by atoms with Crippen LogP contribution in [0.25, 0.3) is 0 Å². The molecule has 1 aliphatic heterocycles. The number of aliphatic hydroxyl groups is 4. The van der Waals surface area contributed by atoms with Crippen LogP contribution in [0.15, 0.2) is 24.3 Å². The summed E-state index contributed by atoms with van der Waals surface area (Å²) < 4.78 is 31.5. The quantitative estimate of drug-likeness (QED) is 0.351. The molecule has 1 aliphatic rings. The van der Waals surface area contributed by atoms with E-state index in [1.54, 1.807) is 0 Å². The van der Waals surface area contributed by atoms with Crippen LogP contribution in [0.5, 0.6) is 5.75 Å². The highest BCUT2D eigenvalue weighted by Gasteiger charge is 2.48. The van der Waals surface area contributed by atoms with Gasteiger partial charge in [-0.05, 0) is 24.7 Å². The first-order chi connectivity index (χ1) is 12.5. The molecule has 0 bridgehead atoms. The third-order valence-corrected chi connectivity index (χ3v) is 3.60. The van der Waals surface area contributed by atoms with E-state index in [0.29, 0.717) is 5.56 Å². The lowest BCUT2D eigenvalue weighted by molar-refractivity contribution is -0.271. The zero-order valence-electron chi connectivity index (χ0n) is 15.4. The Balaban J connectivity index is 2.09. The standard InChI is InChI=1S/C15H21NO8/c1-16-6-9(17)7-3-2-4-8(5-7)23-15-12(20)10(18)11(19)13(24-15)14(21)22/h2-5,9-13,15-20H,6H2,1H3,(H,21,22)/t9-,10-,11-,12+,13-,15+/m0/s1/i1D3. The summed E-state index contributed by atoms with van der Waals surface area (Å²) in [4.78, 5) is 11.1. The van der Waals surface area contributed by atoms with Gasteiger partial charge in [0.25, 0.3) is 0 Å². The Labute approximate surface area is 142 Å². The minimum atomic E-state index is -2.42. The van der Waals surface area contributed by atoms with Crippen molar-refractivity contribution in [2.24, 2.45) is 0 Å². The summed E-state index contributed by atoms with van der Waals surface area (Å²) in [6.07, 6.45) is -9.92. The van der Waals surface area contributed by atoms with E-state index in [1.165, 1.54) is 24.3 Å². The van der Waals surface area contributed by atoms with Crippen molar-refractivity contribution in [2.45, 2.75) is 36.8 Å². The Morgan fingerprint density at radius 1 is 1.38 bits per heavy atom. The predicted molar refractivity (Wildman–Crippen MR) is 80.3 cm³/mol. The molecular formula is C15H21NO8. The molecule has 1 aromatic rings. The fourth-order valence-corrected chi connectivity index (χ4v) is 2.29. The molecule has 1 fully saturated rings. The summed E-state index contributed by atoms with van der Waals surface area (Å²) in [6.45, 7) is -2.67. The van der Waals surface area contributed by atoms with Crippen LogP contribution in [0.3, 0.4) is 0 Å². The first kappa shape index (κ1) is 14.6. The molecule has 0 aromatic heterocycles. The van der Waals surface area contributed by atoms with Gasteiger partial charge in [0.15, 0.2) is 6.10 Å². The number of aliphatic hydroxyl groups excluding tert-OH is 4. The van der Waals surface area contributed by atoms with Crippen LogP contribution in [0.1, 0.15) is 15.8 Å². The molecule has 0 unspecified atom stereocenters. The van der Waals surface area contributed by atoms with Gasteiger partial charge in [0.2, 0.25) is 6.29 Å². The summed E-state index contributed by atoms with van der Waals surface area (Å²) >= 11 is 0. The van der Waals surface area contributed by atoms with Crippen molar-refractivity contribution in [3.8, 4) is 5.75 Å². The van der Waals surface area contributed by atoms with Crippen molar-refractivity contribution >= 4 is 5.97 Å². The molecule has 1 heterocycles. The van der Waals surface area contributed by atoms with Crippen LogP contribution in [-0.2, 0) is 9.53 Å². The number of aliphatic carboxylic acids is 1. The Morgan fingerprint density at radius 3 is 2.79 bits per heavy atom. The van der Waals surface area contributed by atoms with Gasteiger partial charge in [-0.15, -0.1) is 0 Å². The highest BCUT2D eigenvalue weighted by Crippen LogP contribution is 2.26. The Bertz CT molecular complexity index is 658. The first-order valence-corrected chi connectivity index (χ1v) is 7.12. The van der Waals surface area contributed by atoms with Gasteiger partial charge in [-0.2, -0.15) is 0 Å². The summed E-state index contributed by atoms with van der Waals surface area (Å²) in [5, 5.41) is 50.6. The Hall–Kier alpha value is -1.75. The number of carbonyl (C=O) groups is 1. The van der Waals surface area contributed by atoms with E-state index < -0.39 is 49.8 Å². The molecule has 6 N–H and O–H groups in total. The maximum absolute atomic E-state index is 11.1. The first-order valence-electron chi connectivity index (χ1n) is 8.62. The highest BCUT2D eigenvalue weighted by molar-refractivity contribution is 5.73. The SMILES string of the molecule is [2H]C([2H])([2H])NC[C@H](O)c1cccc(O[C@@H]2O[C@H](C(=O)O)[C@@H](O)[C@H](O)[C@H]2O)c1. The van der Waals surface area contributed by atoms with E-state index in [9.17, 15) is 25.2 Å². The van der Waals surface area contributed by atoms with E-state index in [1.807, 2.05) is 0 Å². The van der Waals surface area contributed by atoms with Crippen molar-refractivity contribution in [1.29, 1.82) is 0 Å². The van der Waals surface area contributed by atoms with Crippen LogP contribution >= 0.6 is 0 Å². The van der Waals surface area contributed by atoms with Gasteiger partial charge >= 0.3 is 5.97 Å². The molecule has 1 aromatic carbocycles. The number of nitrogens with one attached hydrogen (secondary N) is 1. The summed E-state index contributed by atoms with van der Waals surface area (Å²) in [6, 6.07) is 5.76. The molecule has 1 saturated heterocycles. The number of carboxylic acid groups (broad SMARTS) is 1. The van der Waals surface area contributed by atoms with E-state index in [-0.39, 0.29) is 12.3 Å². The van der Waals surface area contributed by atoms with Gasteiger partial charge < -0.3 is 40.3 Å². The lowest BCUT2D eigenvalue weighted by atomic mass is 9.99. The second-order valence-electron chi connectivity index (χ2n) is 5.32. The Morgan fingerprint density at radius 2 is 2.12 bits per heavy atom.